The number of benzene rings is 1. The Labute approximate surface area is 221 Å². The van der Waals surface area contributed by atoms with Crippen molar-refractivity contribution >= 4 is 17.1 Å². The van der Waals surface area contributed by atoms with Crippen LogP contribution in [-0.2, 0) is 18.4 Å². The van der Waals surface area contributed by atoms with Crippen molar-refractivity contribution in [3.8, 4) is 5.75 Å². The molecular weight excluding hydrogens is 559 g/mol. The summed E-state index contributed by atoms with van der Waals surface area (Å²) in [7, 11) is 0. The van der Waals surface area contributed by atoms with Gasteiger partial charge in [0.05, 0.1) is 17.9 Å². The molecule has 0 saturated carbocycles. The highest BCUT2D eigenvalue weighted by atomic mass is 32.1. The number of ketones is 1. The molecule has 3 N–H and O–H groups in total. The van der Waals surface area contributed by atoms with E-state index in [1.54, 1.807) is 13.0 Å². The van der Waals surface area contributed by atoms with Crippen molar-refractivity contribution in [2.75, 3.05) is 6.61 Å². The molecule has 3 rings (SSSR count). The van der Waals surface area contributed by atoms with E-state index in [1.165, 1.54) is 6.07 Å². The summed E-state index contributed by atoms with van der Waals surface area (Å²) in [4.78, 5) is 13.8. The molecule has 8 nitrogen and oxygen atoms in total. The van der Waals surface area contributed by atoms with Gasteiger partial charge in [0, 0.05) is 29.3 Å². The first kappa shape index (κ1) is 30.4. The van der Waals surface area contributed by atoms with Gasteiger partial charge in [-0.25, -0.2) is 4.39 Å². The first-order chi connectivity index (χ1) is 18.2. The minimum absolute atomic E-state index is 0.0139. The van der Waals surface area contributed by atoms with Crippen LogP contribution in [0.2, 0.25) is 0 Å². The summed E-state index contributed by atoms with van der Waals surface area (Å²) >= 11 is 0.996. The van der Waals surface area contributed by atoms with E-state index >= 15 is 4.39 Å². The topological polar surface area (TPSA) is 113 Å². The van der Waals surface area contributed by atoms with Gasteiger partial charge in [-0.15, -0.1) is 21.5 Å². The van der Waals surface area contributed by atoms with Gasteiger partial charge in [-0.1, -0.05) is 18.2 Å². The minimum atomic E-state index is -5.32. The lowest BCUT2D eigenvalue weighted by Gasteiger charge is -2.38. The van der Waals surface area contributed by atoms with Crippen molar-refractivity contribution in [2.24, 2.45) is 0 Å². The summed E-state index contributed by atoms with van der Waals surface area (Å²) in [5.74, 6) is -2.86. The lowest BCUT2D eigenvalue weighted by Crippen LogP contribution is -2.59. The quantitative estimate of drug-likeness (QED) is 0.114. The highest BCUT2D eigenvalue weighted by Gasteiger charge is 2.59. The standard InChI is InChI=1S/C23H24F7N5O3S/c1-2-14-5-7-18(39-14)17(36)12-21(23(28,29)30,31-20(37)11-19-32-34-35-33-19)15-6-4-13(10-16(15)24)38-9-3-8-22(25,26)27/h4-7,10,20,31,37H,2-3,8-9,11-12H2,1H3,(H,32,33,34,35). The van der Waals surface area contributed by atoms with Crippen molar-refractivity contribution in [1.29, 1.82) is 0 Å². The van der Waals surface area contributed by atoms with Crippen LogP contribution in [0.5, 0.6) is 5.75 Å². The monoisotopic (exact) mass is 583 g/mol. The van der Waals surface area contributed by atoms with Gasteiger partial charge < -0.3 is 9.84 Å². The number of Topliss-reactive ketones (excluding diaryl/α,β-unsaturated/α-hetero) is 1. The summed E-state index contributed by atoms with van der Waals surface area (Å²) in [6.07, 6.45) is -14.7. The Bertz CT molecular complexity index is 1230. The molecule has 0 aliphatic heterocycles. The Morgan fingerprint density at radius 2 is 1.92 bits per heavy atom. The van der Waals surface area contributed by atoms with E-state index in [0.717, 1.165) is 28.3 Å². The van der Waals surface area contributed by atoms with Crippen LogP contribution in [0.1, 0.15) is 52.1 Å². The van der Waals surface area contributed by atoms with Crippen molar-refractivity contribution in [1.82, 2.24) is 25.9 Å². The number of rotatable bonds is 13. The molecule has 39 heavy (non-hydrogen) atoms. The molecule has 0 fully saturated rings. The number of aryl methyl sites for hydroxylation is 1. The van der Waals surface area contributed by atoms with Gasteiger partial charge in [-0.2, -0.15) is 31.6 Å². The molecule has 0 amide bonds. The molecule has 3 aromatic rings. The Balaban J connectivity index is 1.96. The summed E-state index contributed by atoms with van der Waals surface area (Å²) < 4.78 is 102. The maximum Gasteiger partial charge on any atom is 0.411 e. The van der Waals surface area contributed by atoms with Crippen molar-refractivity contribution in [3.63, 3.8) is 0 Å². The van der Waals surface area contributed by atoms with Crippen molar-refractivity contribution < 1.29 is 45.4 Å². The van der Waals surface area contributed by atoms with Gasteiger partial charge in [-0.3, -0.25) is 10.1 Å². The third kappa shape index (κ3) is 7.95. The van der Waals surface area contributed by atoms with Crippen LogP contribution in [0, 0.1) is 5.82 Å². The molecule has 0 spiro atoms. The van der Waals surface area contributed by atoms with Gasteiger partial charge in [0.2, 0.25) is 0 Å². The highest BCUT2D eigenvalue weighted by molar-refractivity contribution is 7.14. The van der Waals surface area contributed by atoms with Gasteiger partial charge in [0.15, 0.2) is 17.1 Å². The third-order valence-corrected chi connectivity index (χ3v) is 6.92. The number of carbonyl (C=O) groups is 1. The summed E-state index contributed by atoms with van der Waals surface area (Å²) in [5, 5.41) is 24.9. The molecule has 2 atom stereocenters. The van der Waals surface area contributed by atoms with E-state index in [9.17, 15) is 36.2 Å². The predicted molar refractivity (Wildman–Crippen MR) is 125 cm³/mol. The smallest absolute Gasteiger partial charge is 0.411 e. The van der Waals surface area contributed by atoms with Gasteiger partial charge >= 0.3 is 12.4 Å². The van der Waals surface area contributed by atoms with Crippen molar-refractivity contribution in [3.05, 3.63) is 57.3 Å². The molecule has 214 valence electrons. The summed E-state index contributed by atoms with van der Waals surface area (Å²) in [6, 6.07) is 5.22. The largest absolute Gasteiger partial charge is 0.493 e. The summed E-state index contributed by atoms with van der Waals surface area (Å²) in [6.45, 7) is 1.35. The molecule has 2 aromatic heterocycles. The van der Waals surface area contributed by atoms with E-state index < -0.39 is 73.6 Å². The van der Waals surface area contributed by atoms with Crippen LogP contribution < -0.4 is 10.1 Å². The number of H-pyrrole nitrogens is 1. The second-order valence-electron chi connectivity index (χ2n) is 8.52. The molecule has 2 heterocycles. The number of aliphatic hydroxyl groups is 1. The average molecular weight is 584 g/mol. The predicted octanol–water partition coefficient (Wildman–Crippen LogP) is 4.87. The van der Waals surface area contributed by atoms with E-state index in [2.05, 4.69) is 20.6 Å². The maximum absolute atomic E-state index is 15.3. The molecule has 2 unspecified atom stereocenters. The number of thiophene rings is 1. The van der Waals surface area contributed by atoms with Crippen LogP contribution in [0.4, 0.5) is 30.7 Å². The second kappa shape index (κ2) is 12.4. The Morgan fingerprint density at radius 3 is 2.49 bits per heavy atom. The highest BCUT2D eigenvalue weighted by Crippen LogP contribution is 2.45. The van der Waals surface area contributed by atoms with Crippen molar-refractivity contribution in [2.45, 2.75) is 63.1 Å². The van der Waals surface area contributed by atoms with Gasteiger partial charge in [0.25, 0.3) is 0 Å². The lowest BCUT2D eigenvalue weighted by molar-refractivity contribution is -0.210. The molecular formula is C23H24F7N5O3S. The number of carbonyl (C=O) groups excluding carboxylic acids is 1. The zero-order chi connectivity index (χ0) is 28.8. The number of nitrogens with one attached hydrogen (secondary N) is 2. The molecule has 16 heteroatoms. The van der Waals surface area contributed by atoms with E-state index in [4.69, 9.17) is 4.74 Å². The first-order valence-electron chi connectivity index (χ1n) is 11.6. The first-order valence-corrected chi connectivity index (χ1v) is 12.4. The number of nitrogens with zero attached hydrogens (tertiary/aromatic N) is 3. The van der Waals surface area contributed by atoms with E-state index in [-0.39, 0.29) is 16.5 Å². The fraction of sp³-hybridized carbons (Fsp3) is 0.478. The Hall–Kier alpha value is -3.11. The van der Waals surface area contributed by atoms with Crippen LogP contribution >= 0.6 is 11.3 Å². The number of aromatic nitrogens is 4. The number of aliphatic hydroxyl groups excluding tert-OH is 1. The van der Waals surface area contributed by atoms with E-state index in [1.807, 2.05) is 5.32 Å². The van der Waals surface area contributed by atoms with Crippen LogP contribution in [0.3, 0.4) is 0 Å². The number of halogens is 7. The molecule has 0 aliphatic rings. The molecule has 0 bridgehead atoms. The molecule has 0 radical (unpaired) electrons. The average Bonchev–Trinajstić information content (AvgIpc) is 3.52. The van der Waals surface area contributed by atoms with E-state index in [0.29, 0.717) is 12.5 Å². The fourth-order valence-electron chi connectivity index (χ4n) is 3.78. The number of hydrogen-bond donors (Lipinski definition) is 3. The van der Waals surface area contributed by atoms with Crippen LogP contribution in [0.15, 0.2) is 30.3 Å². The zero-order valence-electron chi connectivity index (χ0n) is 20.4. The lowest BCUT2D eigenvalue weighted by atomic mass is 9.82. The van der Waals surface area contributed by atoms with Crippen LogP contribution in [0.25, 0.3) is 0 Å². The van der Waals surface area contributed by atoms with Gasteiger partial charge in [0.1, 0.15) is 17.8 Å². The molecule has 1 aromatic carbocycles. The number of tetrazole rings is 1. The van der Waals surface area contributed by atoms with Crippen LogP contribution in [-0.4, -0.2) is 56.7 Å². The zero-order valence-corrected chi connectivity index (χ0v) is 21.2. The molecule has 0 saturated heterocycles. The minimum Gasteiger partial charge on any atom is -0.493 e. The molecule has 0 aliphatic carbocycles. The van der Waals surface area contributed by atoms with Gasteiger partial charge in [-0.05, 0) is 31.0 Å². The third-order valence-electron chi connectivity index (χ3n) is 5.65. The Morgan fingerprint density at radius 1 is 1.18 bits per heavy atom. The number of aromatic amines is 1. The number of hydrogen-bond acceptors (Lipinski definition) is 8. The second-order valence-corrected chi connectivity index (χ2v) is 9.69. The Kier molecular flexibility index (Phi) is 9.66. The normalized spacial score (nSPS) is 14.7. The number of alkyl halides is 6. The fourth-order valence-corrected chi connectivity index (χ4v) is 4.66. The summed E-state index contributed by atoms with van der Waals surface area (Å²) in [5.41, 5.74) is -4.44. The maximum atomic E-state index is 15.3. The number of ether oxygens (including phenoxy) is 1. The SMILES string of the molecule is CCc1ccc(C(=O)CC(NC(O)Cc2nn[nH]n2)(c2ccc(OCCCC(F)(F)F)cc2F)C(F)(F)F)s1.